The van der Waals surface area contributed by atoms with Crippen molar-refractivity contribution >= 4 is 5.97 Å². The molecule has 0 radical (unpaired) electrons. The third kappa shape index (κ3) is 3.56. The Labute approximate surface area is 82.5 Å². The van der Waals surface area contributed by atoms with E-state index >= 15 is 0 Å². The molecule has 1 fully saturated rings. The van der Waals surface area contributed by atoms with Crippen LogP contribution >= 0.6 is 0 Å². The van der Waals surface area contributed by atoms with E-state index in [0.717, 1.165) is 12.8 Å². The van der Waals surface area contributed by atoms with E-state index in [2.05, 4.69) is 5.32 Å². The van der Waals surface area contributed by atoms with Gasteiger partial charge in [0.05, 0.1) is 5.97 Å². The summed E-state index contributed by atoms with van der Waals surface area (Å²) in [6.45, 7) is 0.00463. The zero-order valence-corrected chi connectivity index (χ0v) is 8.22. The average Bonchev–Trinajstić information content (AvgIpc) is 1.60. The van der Waals surface area contributed by atoms with Crippen LogP contribution in [0.2, 0.25) is 0 Å². The Morgan fingerprint density at radius 1 is 1.60 bits per heavy atom. The van der Waals surface area contributed by atoms with Gasteiger partial charge in [0.15, 0.2) is 0 Å². The normalized spacial score (nSPS) is 17.2. The van der Waals surface area contributed by atoms with E-state index in [4.69, 9.17) is 0 Å². The molecular weight excluding hydrogens is 141 g/mol. The number of hydrogen-bond acceptors (Lipinski definition) is 3. The molecule has 1 saturated carbocycles. The molecular formula is C6H10NNaO2. The third-order valence-electron chi connectivity index (χ3n) is 1.64. The summed E-state index contributed by atoms with van der Waals surface area (Å²) < 4.78 is 0. The zero-order valence-electron chi connectivity index (χ0n) is 6.22. The van der Waals surface area contributed by atoms with Gasteiger partial charge >= 0.3 is 29.6 Å². The van der Waals surface area contributed by atoms with E-state index in [1.807, 2.05) is 0 Å². The van der Waals surface area contributed by atoms with Crippen LogP contribution in [-0.4, -0.2) is 18.6 Å². The quantitative estimate of drug-likeness (QED) is 0.417. The van der Waals surface area contributed by atoms with Crippen molar-refractivity contribution in [2.24, 2.45) is 0 Å². The molecule has 52 valence electrons. The Kier molecular flexibility index (Phi) is 5.35. The van der Waals surface area contributed by atoms with Gasteiger partial charge in [-0.05, 0) is 12.8 Å². The van der Waals surface area contributed by atoms with Gasteiger partial charge in [-0.3, -0.25) is 0 Å². The van der Waals surface area contributed by atoms with Crippen molar-refractivity contribution < 1.29 is 39.5 Å². The van der Waals surface area contributed by atoms with Gasteiger partial charge in [0.2, 0.25) is 0 Å². The molecule has 1 aliphatic carbocycles. The molecule has 0 amide bonds. The number of carbonyl (C=O) groups is 1. The SMILES string of the molecule is O=C([O-])CNC1CCC1.[Na+]. The molecule has 0 aromatic carbocycles. The van der Waals surface area contributed by atoms with Crippen LogP contribution in [0.5, 0.6) is 0 Å². The van der Waals surface area contributed by atoms with Crippen LogP contribution < -0.4 is 40.0 Å². The monoisotopic (exact) mass is 151 g/mol. The Bertz CT molecular complexity index is 114. The maximum atomic E-state index is 9.87. The van der Waals surface area contributed by atoms with E-state index < -0.39 is 5.97 Å². The second kappa shape index (κ2) is 5.13. The summed E-state index contributed by atoms with van der Waals surface area (Å²) in [4.78, 5) is 9.87. The van der Waals surface area contributed by atoms with Crippen molar-refractivity contribution in [1.29, 1.82) is 0 Å². The second-order valence-electron chi connectivity index (χ2n) is 2.38. The van der Waals surface area contributed by atoms with Gasteiger partial charge in [0.25, 0.3) is 0 Å². The molecule has 4 heteroatoms. The molecule has 0 aromatic heterocycles. The largest absolute Gasteiger partial charge is 1.00 e. The maximum absolute atomic E-state index is 9.87. The topological polar surface area (TPSA) is 52.2 Å². The van der Waals surface area contributed by atoms with Crippen molar-refractivity contribution in [1.82, 2.24) is 5.32 Å². The second-order valence-corrected chi connectivity index (χ2v) is 2.38. The zero-order chi connectivity index (χ0) is 6.69. The number of carboxylic acids is 1. The van der Waals surface area contributed by atoms with Crippen LogP contribution in [0.1, 0.15) is 19.3 Å². The summed E-state index contributed by atoms with van der Waals surface area (Å²) in [5.74, 6) is -1.01. The van der Waals surface area contributed by atoms with Crippen LogP contribution in [0.25, 0.3) is 0 Å². The first-order valence-corrected chi connectivity index (χ1v) is 3.22. The molecule has 1 aliphatic rings. The fraction of sp³-hybridized carbons (Fsp3) is 0.833. The van der Waals surface area contributed by atoms with E-state index in [1.54, 1.807) is 0 Å². The summed E-state index contributed by atoms with van der Waals surface area (Å²) in [5, 5.41) is 12.7. The molecule has 0 spiro atoms. The predicted octanol–water partition coefficient (Wildman–Crippen LogP) is -4.12. The Hall–Kier alpha value is 0.430. The molecule has 10 heavy (non-hydrogen) atoms. The number of aliphatic carboxylic acids is 1. The van der Waals surface area contributed by atoms with Gasteiger partial charge in [-0.25, -0.2) is 0 Å². The fourth-order valence-electron chi connectivity index (χ4n) is 0.840. The molecule has 3 nitrogen and oxygen atoms in total. The van der Waals surface area contributed by atoms with E-state index in [0.29, 0.717) is 6.04 Å². The number of carboxylic acid groups (broad SMARTS) is 1. The van der Waals surface area contributed by atoms with Crippen molar-refractivity contribution in [2.75, 3.05) is 6.54 Å². The van der Waals surface area contributed by atoms with Crippen LogP contribution in [0.3, 0.4) is 0 Å². The average molecular weight is 151 g/mol. The number of carbonyl (C=O) groups excluding carboxylic acids is 1. The third-order valence-corrected chi connectivity index (χ3v) is 1.64. The van der Waals surface area contributed by atoms with Crippen LogP contribution in [0, 0.1) is 0 Å². The van der Waals surface area contributed by atoms with Crippen LogP contribution in [0.15, 0.2) is 0 Å². The van der Waals surface area contributed by atoms with Gasteiger partial charge in [-0.15, -0.1) is 0 Å². The number of nitrogens with one attached hydrogen (secondary N) is 1. The first-order chi connectivity index (χ1) is 4.29. The van der Waals surface area contributed by atoms with Crippen molar-refractivity contribution in [3.8, 4) is 0 Å². The summed E-state index contributed by atoms with van der Waals surface area (Å²) in [6, 6.07) is 0.447. The molecule has 1 rings (SSSR count). The van der Waals surface area contributed by atoms with Crippen molar-refractivity contribution in [3.63, 3.8) is 0 Å². The first-order valence-electron chi connectivity index (χ1n) is 3.22. The Balaban J connectivity index is 0.000000810. The van der Waals surface area contributed by atoms with Gasteiger partial charge < -0.3 is 15.2 Å². The summed E-state index contributed by atoms with van der Waals surface area (Å²) in [5.41, 5.74) is 0. The van der Waals surface area contributed by atoms with Gasteiger partial charge in [-0.2, -0.15) is 0 Å². The van der Waals surface area contributed by atoms with E-state index in [1.165, 1.54) is 6.42 Å². The molecule has 0 bridgehead atoms. The molecule has 0 atom stereocenters. The smallest absolute Gasteiger partial charge is 0.549 e. The minimum atomic E-state index is -1.01. The summed E-state index contributed by atoms with van der Waals surface area (Å²) in [7, 11) is 0. The minimum absolute atomic E-state index is 0. The molecule has 0 aliphatic heterocycles. The van der Waals surface area contributed by atoms with Crippen LogP contribution in [0.4, 0.5) is 0 Å². The van der Waals surface area contributed by atoms with Crippen LogP contribution in [-0.2, 0) is 4.79 Å². The number of rotatable bonds is 3. The first kappa shape index (κ1) is 10.4. The molecule has 1 N–H and O–H groups in total. The van der Waals surface area contributed by atoms with E-state index in [9.17, 15) is 9.90 Å². The van der Waals surface area contributed by atoms with E-state index in [-0.39, 0.29) is 36.1 Å². The number of hydrogen-bond donors (Lipinski definition) is 1. The molecule has 0 heterocycles. The van der Waals surface area contributed by atoms with Gasteiger partial charge in [-0.1, -0.05) is 6.42 Å². The fourth-order valence-corrected chi connectivity index (χ4v) is 0.840. The predicted molar refractivity (Wildman–Crippen MR) is 30.6 cm³/mol. The molecule has 0 aromatic rings. The Morgan fingerprint density at radius 2 is 2.20 bits per heavy atom. The standard InChI is InChI=1S/C6H11NO2.Na/c8-6(9)4-7-5-2-1-3-5;/h5,7H,1-4H2,(H,8,9);/q;+1/p-1. The Morgan fingerprint density at radius 3 is 2.50 bits per heavy atom. The maximum Gasteiger partial charge on any atom is 1.00 e. The summed E-state index contributed by atoms with van der Waals surface area (Å²) in [6.07, 6.45) is 3.46. The molecule has 0 unspecified atom stereocenters. The summed E-state index contributed by atoms with van der Waals surface area (Å²) >= 11 is 0. The van der Waals surface area contributed by atoms with Gasteiger partial charge in [0.1, 0.15) is 0 Å². The molecule has 0 saturated heterocycles. The van der Waals surface area contributed by atoms with Crippen molar-refractivity contribution in [2.45, 2.75) is 25.3 Å². The van der Waals surface area contributed by atoms with Gasteiger partial charge in [0, 0.05) is 12.6 Å². The minimum Gasteiger partial charge on any atom is -0.549 e. The van der Waals surface area contributed by atoms with Crippen molar-refractivity contribution in [3.05, 3.63) is 0 Å².